The summed E-state index contributed by atoms with van der Waals surface area (Å²) in [6.07, 6.45) is 0. The van der Waals surface area contributed by atoms with Gasteiger partial charge >= 0.3 is 11.9 Å². The van der Waals surface area contributed by atoms with Crippen LogP contribution in [0.5, 0.6) is 5.75 Å². The average molecular weight is 327 g/mol. The Morgan fingerprint density at radius 1 is 1.35 bits per heavy atom. The number of halogens is 2. The highest BCUT2D eigenvalue weighted by atomic mass is 19.3. The molecule has 0 radical (unpaired) electrons. The zero-order chi connectivity index (χ0) is 17.0. The van der Waals surface area contributed by atoms with Crippen molar-refractivity contribution in [1.29, 1.82) is 0 Å². The summed E-state index contributed by atoms with van der Waals surface area (Å²) >= 11 is 0. The lowest BCUT2D eigenvalue weighted by molar-refractivity contribution is -0.170. The third kappa shape index (κ3) is 4.04. The highest BCUT2D eigenvalue weighted by Crippen LogP contribution is 2.29. The number of benzene rings is 1. The summed E-state index contributed by atoms with van der Waals surface area (Å²) in [5.74, 6) is -6.59. The van der Waals surface area contributed by atoms with Crippen LogP contribution in [0.2, 0.25) is 0 Å². The fourth-order valence-electron chi connectivity index (χ4n) is 2.55. The molecule has 0 bridgehead atoms. The van der Waals surface area contributed by atoms with Gasteiger partial charge in [0.15, 0.2) is 0 Å². The molecular formula is C16H19F2NO4. The van der Waals surface area contributed by atoms with Crippen molar-refractivity contribution in [2.45, 2.75) is 19.4 Å². The third-order valence-corrected chi connectivity index (χ3v) is 3.68. The Balaban J connectivity index is 2.12. The van der Waals surface area contributed by atoms with Gasteiger partial charge in [-0.2, -0.15) is 8.78 Å². The molecule has 126 valence electrons. The smallest absolute Gasteiger partial charge is 0.318 e. The Labute approximate surface area is 133 Å². The highest BCUT2D eigenvalue weighted by molar-refractivity contribution is 6.03. The molecule has 5 nitrogen and oxygen atoms in total. The lowest BCUT2D eigenvalue weighted by atomic mass is 9.93. The van der Waals surface area contributed by atoms with E-state index in [1.54, 1.807) is 31.2 Å². The van der Waals surface area contributed by atoms with Crippen LogP contribution in [0.15, 0.2) is 24.3 Å². The largest absolute Gasteiger partial charge is 0.497 e. The molecule has 2 rings (SSSR count). The summed E-state index contributed by atoms with van der Waals surface area (Å²) in [6.45, 7) is 1.06. The molecule has 1 aliphatic rings. The van der Waals surface area contributed by atoms with Crippen LogP contribution in [0, 0.1) is 5.92 Å². The molecule has 23 heavy (non-hydrogen) atoms. The van der Waals surface area contributed by atoms with Gasteiger partial charge in [-0.15, -0.1) is 0 Å². The van der Waals surface area contributed by atoms with Crippen molar-refractivity contribution >= 4 is 11.8 Å². The number of piperidine rings is 1. The molecule has 0 spiro atoms. The van der Waals surface area contributed by atoms with Crippen molar-refractivity contribution in [3.63, 3.8) is 0 Å². The van der Waals surface area contributed by atoms with E-state index in [2.05, 4.69) is 0 Å². The first-order valence-corrected chi connectivity index (χ1v) is 7.31. The number of nitrogens with zero attached hydrogens (tertiary/aromatic N) is 1. The maximum absolute atomic E-state index is 13.9. The predicted octanol–water partition coefficient (Wildman–Crippen LogP) is 1.89. The van der Waals surface area contributed by atoms with Crippen molar-refractivity contribution in [2.24, 2.45) is 5.92 Å². The lowest BCUT2D eigenvalue weighted by Gasteiger charge is -2.35. The van der Waals surface area contributed by atoms with Crippen LogP contribution < -0.4 is 4.74 Å². The summed E-state index contributed by atoms with van der Waals surface area (Å²) in [4.78, 5) is 24.9. The monoisotopic (exact) mass is 327 g/mol. The molecule has 1 atom stereocenters. The maximum Gasteiger partial charge on any atom is 0.318 e. The van der Waals surface area contributed by atoms with Crippen LogP contribution in [-0.4, -0.2) is 49.4 Å². The standard InChI is InChI=1S/C16H19F2NO4/c1-3-23-15(21)13-9-19(10-16(17,18)14(13)20)8-11-4-6-12(22-2)7-5-11/h4-7,13H,3,8-10H2,1-2H3. The van der Waals surface area contributed by atoms with Gasteiger partial charge in [-0.3, -0.25) is 14.5 Å². The number of hydrogen-bond donors (Lipinski definition) is 0. The second-order valence-corrected chi connectivity index (χ2v) is 5.39. The molecule has 0 aromatic heterocycles. The van der Waals surface area contributed by atoms with E-state index in [0.717, 1.165) is 5.56 Å². The zero-order valence-electron chi connectivity index (χ0n) is 13.1. The van der Waals surface area contributed by atoms with Crippen LogP contribution in [0.25, 0.3) is 0 Å². The number of esters is 1. The van der Waals surface area contributed by atoms with Crippen LogP contribution in [-0.2, 0) is 20.9 Å². The maximum atomic E-state index is 13.9. The van der Waals surface area contributed by atoms with E-state index in [9.17, 15) is 18.4 Å². The quantitative estimate of drug-likeness (QED) is 0.611. The van der Waals surface area contributed by atoms with Crippen LogP contribution in [0.1, 0.15) is 12.5 Å². The molecular weight excluding hydrogens is 308 g/mol. The Kier molecular flexibility index (Phi) is 5.30. The van der Waals surface area contributed by atoms with E-state index in [1.165, 1.54) is 12.0 Å². The first-order valence-electron chi connectivity index (χ1n) is 7.31. The van der Waals surface area contributed by atoms with Crippen molar-refractivity contribution in [3.05, 3.63) is 29.8 Å². The number of carbonyl (C=O) groups excluding carboxylic acids is 2. The normalized spacial score (nSPS) is 21.0. The number of ether oxygens (including phenoxy) is 2. The van der Waals surface area contributed by atoms with Crippen molar-refractivity contribution < 1.29 is 27.8 Å². The van der Waals surface area contributed by atoms with E-state index in [4.69, 9.17) is 9.47 Å². The minimum absolute atomic E-state index is 0.0483. The molecule has 0 N–H and O–H groups in total. The van der Waals surface area contributed by atoms with Gasteiger partial charge in [-0.1, -0.05) is 12.1 Å². The fourth-order valence-corrected chi connectivity index (χ4v) is 2.55. The van der Waals surface area contributed by atoms with Crippen LogP contribution >= 0.6 is 0 Å². The van der Waals surface area contributed by atoms with Crippen LogP contribution in [0.4, 0.5) is 8.78 Å². The van der Waals surface area contributed by atoms with Crippen molar-refractivity contribution in [2.75, 3.05) is 26.8 Å². The van der Waals surface area contributed by atoms with Gasteiger partial charge in [0.05, 0.1) is 20.3 Å². The zero-order valence-corrected chi connectivity index (χ0v) is 13.1. The molecule has 1 heterocycles. The van der Waals surface area contributed by atoms with Crippen molar-refractivity contribution in [3.8, 4) is 5.75 Å². The second kappa shape index (κ2) is 7.04. The van der Waals surface area contributed by atoms with Gasteiger partial charge in [-0.25, -0.2) is 0 Å². The molecule has 0 amide bonds. The summed E-state index contributed by atoms with van der Waals surface area (Å²) in [5.41, 5.74) is 0.790. The van der Waals surface area contributed by atoms with Gasteiger partial charge in [0.1, 0.15) is 11.7 Å². The fraction of sp³-hybridized carbons (Fsp3) is 0.500. The number of ketones is 1. The molecule has 0 saturated carbocycles. The SMILES string of the molecule is CCOC(=O)C1CN(Cc2ccc(OC)cc2)CC(F)(F)C1=O. The highest BCUT2D eigenvalue weighted by Gasteiger charge is 2.51. The first kappa shape index (κ1) is 17.3. The lowest BCUT2D eigenvalue weighted by Crippen LogP contribution is -2.56. The summed E-state index contributed by atoms with van der Waals surface area (Å²) in [7, 11) is 1.54. The minimum Gasteiger partial charge on any atom is -0.497 e. The van der Waals surface area contributed by atoms with E-state index in [1.807, 2.05) is 0 Å². The van der Waals surface area contributed by atoms with E-state index >= 15 is 0 Å². The number of rotatable bonds is 5. The molecule has 1 saturated heterocycles. The van der Waals surface area contributed by atoms with Gasteiger partial charge in [0, 0.05) is 13.1 Å². The summed E-state index contributed by atoms with van der Waals surface area (Å²) in [5, 5.41) is 0. The summed E-state index contributed by atoms with van der Waals surface area (Å²) in [6, 6.07) is 6.97. The molecule has 0 aliphatic carbocycles. The topological polar surface area (TPSA) is 55.8 Å². The Morgan fingerprint density at radius 2 is 2.00 bits per heavy atom. The molecule has 7 heteroatoms. The molecule has 1 aromatic rings. The number of carbonyl (C=O) groups is 2. The average Bonchev–Trinajstić information content (AvgIpc) is 2.51. The van der Waals surface area contributed by atoms with Gasteiger partial charge in [0.25, 0.3) is 0 Å². The third-order valence-electron chi connectivity index (χ3n) is 3.68. The Morgan fingerprint density at radius 3 is 2.57 bits per heavy atom. The molecule has 1 aliphatic heterocycles. The van der Waals surface area contributed by atoms with Gasteiger partial charge < -0.3 is 9.47 Å². The van der Waals surface area contributed by atoms with Gasteiger partial charge in [0.2, 0.25) is 5.78 Å². The Bertz CT molecular complexity index is 574. The molecule has 1 fully saturated rings. The van der Waals surface area contributed by atoms with Crippen LogP contribution in [0.3, 0.4) is 0 Å². The number of likely N-dealkylation sites (tertiary alicyclic amines) is 1. The van der Waals surface area contributed by atoms with E-state index in [0.29, 0.717) is 5.75 Å². The van der Waals surface area contributed by atoms with Gasteiger partial charge in [-0.05, 0) is 24.6 Å². The second-order valence-electron chi connectivity index (χ2n) is 5.39. The Hall–Kier alpha value is -2.02. The molecule has 1 unspecified atom stereocenters. The molecule has 1 aromatic carbocycles. The first-order chi connectivity index (χ1) is 10.9. The number of methoxy groups -OCH3 is 1. The number of alkyl halides is 2. The minimum atomic E-state index is -3.55. The van der Waals surface area contributed by atoms with E-state index in [-0.39, 0.29) is 19.7 Å². The number of hydrogen-bond acceptors (Lipinski definition) is 5. The number of Topliss-reactive ketones (excluding diaryl/α,β-unsaturated/α-hetero) is 1. The van der Waals surface area contributed by atoms with Crippen molar-refractivity contribution in [1.82, 2.24) is 4.90 Å². The summed E-state index contributed by atoms with van der Waals surface area (Å²) < 4.78 is 37.6. The predicted molar refractivity (Wildman–Crippen MR) is 78.3 cm³/mol. The van der Waals surface area contributed by atoms with E-state index < -0.39 is 30.1 Å².